The molecule has 0 saturated carbocycles. The van der Waals surface area contributed by atoms with Crippen LogP contribution in [0.4, 0.5) is 11.4 Å². The molecule has 0 aliphatic carbocycles. The molecule has 116 valence electrons. The third kappa shape index (κ3) is 3.49. The van der Waals surface area contributed by atoms with Gasteiger partial charge in [-0.3, -0.25) is 4.79 Å². The molecule has 2 rings (SSSR count). The molecule has 0 aliphatic heterocycles. The van der Waals surface area contributed by atoms with Gasteiger partial charge >= 0.3 is 0 Å². The highest BCUT2D eigenvalue weighted by Gasteiger charge is 2.09. The third-order valence-electron chi connectivity index (χ3n) is 3.29. The Labute approximate surface area is 130 Å². The number of nitrogens with one attached hydrogen (secondary N) is 1. The molecule has 2 aromatic rings. The van der Waals surface area contributed by atoms with Gasteiger partial charge in [-0.15, -0.1) is 0 Å². The van der Waals surface area contributed by atoms with E-state index in [1.165, 1.54) is 0 Å². The summed E-state index contributed by atoms with van der Waals surface area (Å²) in [6, 6.07) is 12.7. The summed E-state index contributed by atoms with van der Waals surface area (Å²) in [7, 11) is 7.04. The molecule has 0 radical (unpaired) electrons. The van der Waals surface area contributed by atoms with Crippen molar-refractivity contribution < 1.29 is 14.3 Å². The first-order chi connectivity index (χ1) is 10.5. The molecule has 0 bridgehead atoms. The summed E-state index contributed by atoms with van der Waals surface area (Å²) in [6.45, 7) is 0. The van der Waals surface area contributed by atoms with E-state index in [1.807, 2.05) is 31.1 Å². The van der Waals surface area contributed by atoms with Crippen LogP contribution >= 0.6 is 0 Å². The zero-order valence-corrected chi connectivity index (χ0v) is 13.2. The summed E-state index contributed by atoms with van der Waals surface area (Å²) >= 11 is 0. The van der Waals surface area contributed by atoms with Crippen LogP contribution in [0.2, 0.25) is 0 Å². The zero-order valence-electron chi connectivity index (χ0n) is 13.2. The molecule has 5 heteroatoms. The van der Waals surface area contributed by atoms with E-state index in [-0.39, 0.29) is 5.91 Å². The first kappa shape index (κ1) is 15.7. The minimum Gasteiger partial charge on any atom is -0.493 e. The largest absolute Gasteiger partial charge is 0.493 e. The van der Waals surface area contributed by atoms with E-state index in [0.29, 0.717) is 22.7 Å². The maximum atomic E-state index is 12.3. The maximum Gasteiger partial charge on any atom is 0.255 e. The Kier molecular flexibility index (Phi) is 4.88. The van der Waals surface area contributed by atoms with Crippen molar-refractivity contribution in [3.05, 3.63) is 48.0 Å². The topological polar surface area (TPSA) is 50.8 Å². The fourth-order valence-electron chi connectivity index (χ4n) is 2.03. The molecular formula is C17H20N2O3. The van der Waals surface area contributed by atoms with E-state index >= 15 is 0 Å². The van der Waals surface area contributed by atoms with E-state index in [0.717, 1.165) is 5.69 Å². The monoisotopic (exact) mass is 300 g/mol. The normalized spacial score (nSPS) is 10.0. The first-order valence-corrected chi connectivity index (χ1v) is 6.86. The molecular weight excluding hydrogens is 280 g/mol. The molecule has 1 amide bonds. The fraction of sp³-hybridized carbons (Fsp3) is 0.235. The third-order valence-corrected chi connectivity index (χ3v) is 3.29. The van der Waals surface area contributed by atoms with Crippen molar-refractivity contribution in [2.24, 2.45) is 0 Å². The second-order valence-corrected chi connectivity index (χ2v) is 4.97. The smallest absolute Gasteiger partial charge is 0.255 e. The number of methoxy groups -OCH3 is 2. The highest BCUT2D eigenvalue weighted by Crippen LogP contribution is 2.29. The van der Waals surface area contributed by atoms with Crippen LogP contribution in [-0.2, 0) is 0 Å². The highest BCUT2D eigenvalue weighted by molar-refractivity contribution is 6.04. The van der Waals surface area contributed by atoms with Gasteiger partial charge < -0.3 is 19.7 Å². The summed E-state index contributed by atoms with van der Waals surface area (Å²) in [6.07, 6.45) is 0. The molecule has 0 heterocycles. The van der Waals surface area contributed by atoms with Crippen molar-refractivity contribution in [2.45, 2.75) is 0 Å². The second-order valence-electron chi connectivity index (χ2n) is 4.97. The molecule has 0 aliphatic rings. The van der Waals surface area contributed by atoms with Gasteiger partial charge in [0, 0.05) is 37.1 Å². The highest BCUT2D eigenvalue weighted by atomic mass is 16.5. The van der Waals surface area contributed by atoms with Crippen molar-refractivity contribution in [1.82, 2.24) is 0 Å². The van der Waals surface area contributed by atoms with E-state index in [9.17, 15) is 4.79 Å². The number of rotatable bonds is 5. The lowest BCUT2D eigenvalue weighted by Gasteiger charge is -2.13. The molecule has 0 unspecified atom stereocenters. The Bertz CT molecular complexity index is 651. The van der Waals surface area contributed by atoms with Crippen molar-refractivity contribution in [2.75, 3.05) is 38.5 Å². The molecule has 0 fully saturated rings. The SMILES string of the molecule is COc1ccc(NC(=O)c2ccc(N(C)C)cc2)cc1OC. The first-order valence-electron chi connectivity index (χ1n) is 6.86. The minimum absolute atomic E-state index is 0.169. The van der Waals surface area contributed by atoms with Gasteiger partial charge in [0.15, 0.2) is 11.5 Å². The molecule has 2 aromatic carbocycles. The summed E-state index contributed by atoms with van der Waals surface area (Å²) in [5, 5.41) is 2.84. The average Bonchev–Trinajstić information content (AvgIpc) is 2.54. The van der Waals surface area contributed by atoms with E-state index in [2.05, 4.69) is 5.32 Å². The summed E-state index contributed by atoms with van der Waals surface area (Å²) in [5.41, 5.74) is 2.29. The van der Waals surface area contributed by atoms with Crippen LogP contribution < -0.4 is 19.7 Å². The van der Waals surface area contributed by atoms with Gasteiger partial charge in [0.2, 0.25) is 0 Å². The Balaban J connectivity index is 2.14. The van der Waals surface area contributed by atoms with Crippen LogP contribution in [0.3, 0.4) is 0 Å². The summed E-state index contributed by atoms with van der Waals surface area (Å²) < 4.78 is 10.4. The lowest BCUT2D eigenvalue weighted by atomic mass is 10.2. The molecule has 0 saturated heterocycles. The van der Waals surface area contributed by atoms with Crippen LogP contribution in [0.5, 0.6) is 11.5 Å². The molecule has 0 aromatic heterocycles. The summed E-state index contributed by atoms with van der Waals surface area (Å²) in [4.78, 5) is 14.2. The number of anilines is 2. The Morgan fingerprint density at radius 3 is 2.14 bits per heavy atom. The van der Waals surface area contributed by atoms with Crippen LogP contribution in [0.15, 0.2) is 42.5 Å². The van der Waals surface area contributed by atoms with Crippen molar-refractivity contribution in [3.8, 4) is 11.5 Å². The van der Waals surface area contributed by atoms with Crippen LogP contribution in [-0.4, -0.2) is 34.2 Å². The van der Waals surface area contributed by atoms with E-state index in [4.69, 9.17) is 9.47 Å². The Hall–Kier alpha value is -2.69. The van der Waals surface area contributed by atoms with E-state index in [1.54, 1.807) is 44.6 Å². The number of carbonyl (C=O) groups excluding carboxylic acids is 1. The van der Waals surface area contributed by atoms with Gasteiger partial charge in [-0.1, -0.05) is 0 Å². The van der Waals surface area contributed by atoms with Gasteiger partial charge in [-0.2, -0.15) is 0 Å². The molecule has 22 heavy (non-hydrogen) atoms. The van der Waals surface area contributed by atoms with Gasteiger partial charge in [0.1, 0.15) is 0 Å². The number of carbonyl (C=O) groups is 1. The van der Waals surface area contributed by atoms with Crippen molar-refractivity contribution >= 4 is 17.3 Å². The van der Waals surface area contributed by atoms with Crippen LogP contribution in [0.1, 0.15) is 10.4 Å². The van der Waals surface area contributed by atoms with E-state index < -0.39 is 0 Å². The quantitative estimate of drug-likeness (QED) is 0.922. The zero-order chi connectivity index (χ0) is 16.1. The number of nitrogens with zero attached hydrogens (tertiary/aromatic N) is 1. The number of hydrogen-bond donors (Lipinski definition) is 1. The average molecular weight is 300 g/mol. The number of benzene rings is 2. The molecule has 0 spiro atoms. The van der Waals surface area contributed by atoms with Gasteiger partial charge in [-0.05, 0) is 36.4 Å². The Morgan fingerprint density at radius 2 is 1.59 bits per heavy atom. The molecule has 1 N–H and O–H groups in total. The lowest BCUT2D eigenvalue weighted by Crippen LogP contribution is -2.13. The van der Waals surface area contributed by atoms with Crippen molar-refractivity contribution in [1.29, 1.82) is 0 Å². The van der Waals surface area contributed by atoms with Gasteiger partial charge in [0.25, 0.3) is 5.91 Å². The lowest BCUT2D eigenvalue weighted by molar-refractivity contribution is 0.102. The molecule has 0 atom stereocenters. The van der Waals surface area contributed by atoms with Crippen LogP contribution in [0, 0.1) is 0 Å². The maximum absolute atomic E-state index is 12.3. The van der Waals surface area contributed by atoms with Gasteiger partial charge in [0.05, 0.1) is 14.2 Å². The van der Waals surface area contributed by atoms with Crippen LogP contribution in [0.25, 0.3) is 0 Å². The number of ether oxygens (including phenoxy) is 2. The number of amides is 1. The minimum atomic E-state index is -0.169. The Morgan fingerprint density at radius 1 is 0.955 bits per heavy atom. The number of hydrogen-bond acceptors (Lipinski definition) is 4. The molecule has 5 nitrogen and oxygen atoms in total. The van der Waals surface area contributed by atoms with Crippen molar-refractivity contribution in [3.63, 3.8) is 0 Å². The second kappa shape index (κ2) is 6.85. The van der Waals surface area contributed by atoms with Gasteiger partial charge in [-0.25, -0.2) is 0 Å². The fourth-order valence-corrected chi connectivity index (χ4v) is 2.03. The predicted molar refractivity (Wildman–Crippen MR) is 88.3 cm³/mol. The predicted octanol–water partition coefficient (Wildman–Crippen LogP) is 3.02. The standard InChI is InChI=1S/C17H20N2O3/c1-19(2)14-8-5-12(6-9-14)17(20)18-13-7-10-15(21-3)16(11-13)22-4/h5-11H,1-4H3,(H,18,20). The summed E-state index contributed by atoms with van der Waals surface area (Å²) in [5.74, 6) is 1.02.